The van der Waals surface area contributed by atoms with Crippen molar-refractivity contribution in [3.05, 3.63) is 27.8 Å². The lowest BCUT2D eigenvalue weighted by Crippen LogP contribution is -1.67. The molecule has 11 heavy (non-hydrogen) atoms. The van der Waals surface area contributed by atoms with Crippen molar-refractivity contribution in [2.24, 2.45) is 0 Å². The van der Waals surface area contributed by atoms with Gasteiger partial charge in [0, 0.05) is 9.86 Å². The lowest BCUT2D eigenvalue weighted by molar-refractivity contribution is 1.60. The van der Waals surface area contributed by atoms with E-state index in [1.165, 1.54) is 11.5 Å². The maximum Gasteiger partial charge on any atom is 0.0576 e. The van der Waals surface area contributed by atoms with Crippen LogP contribution < -0.4 is 0 Å². The average molecular weight is 249 g/mol. The molecule has 0 N–H and O–H groups in total. The summed E-state index contributed by atoms with van der Waals surface area (Å²) in [7, 11) is 0. The second-order valence-corrected chi connectivity index (χ2v) is 4.28. The Kier molecular flexibility index (Phi) is 1.87. The Morgan fingerprint density at radius 1 is 1.45 bits per heavy atom. The van der Waals surface area contributed by atoms with Gasteiger partial charge < -0.3 is 0 Å². The van der Waals surface area contributed by atoms with E-state index in [-0.39, 0.29) is 0 Å². The number of hydrogen-bond donors (Lipinski definition) is 0. The number of rotatable bonds is 0. The van der Waals surface area contributed by atoms with E-state index in [1.807, 2.05) is 12.1 Å². The summed E-state index contributed by atoms with van der Waals surface area (Å²) in [5, 5.41) is 1.78. The molecule has 0 unspecified atom stereocenters. The molecule has 0 aliphatic heterocycles. The SMILES string of the molecule is Clc1cc(Br)cc2sncc12. The molecular weight excluding hydrogens is 246 g/mol. The van der Waals surface area contributed by atoms with Crippen LogP contribution in [0.25, 0.3) is 10.1 Å². The molecule has 1 aromatic heterocycles. The third kappa shape index (κ3) is 1.28. The molecule has 0 bridgehead atoms. The molecule has 0 saturated heterocycles. The highest BCUT2D eigenvalue weighted by atomic mass is 79.9. The van der Waals surface area contributed by atoms with Crippen molar-refractivity contribution in [1.29, 1.82) is 0 Å². The van der Waals surface area contributed by atoms with Crippen molar-refractivity contribution in [1.82, 2.24) is 4.37 Å². The van der Waals surface area contributed by atoms with E-state index in [0.717, 1.165) is 19.6 Å². The summed E-state index contributed by atoms with van der Waals surface area (Å²) in [6, 6.07) is 3.89. The fraction of sp³-hybridized carbons (Fsp3) is 0. The lowest BCUT2D eigenvalue weighted by Gasteiger charge is -1.92. The summed E-state index contributed by atoms with van der Waals surface area (Å²) >= 11 is 10.8. The van der Waals surface area contributed by atoms with Gasteiger partial charge in [0.1, 0.15) is 0 Å². The Labute approximate surface area is 81.3 Å². The van der Waals surface area contributed by atoms with E-state index in [1.54, 1.807) is 6.20 Å². The molecule has 2 aromatic rings. The second kappa shape index (κ2) is 2.73. The topological polar surface area (TPSA) is 12.9 Å². The normalized spacial score (nSPS) is 10.7. The monoisotopic (exact) mass is 247 g/mol. The first-order chi connectivity index (χ1) is 5.27. The van der Waals surface area contributed by atoms with E-state index in [0.29, 0.717) is 0 Å². The largest absolute Gasteiger partial charge is 0.200 e. The van der Waals surface area contributed by atoms with Crippen molar-refractivity contribution in [2.45, 2.75) is 0 Å². The lowest BCUT2D eigenvalue weighted by atomic mass is 10.3. The van der Waals surface area contributed by atoms with Crippen molar-refractivity contribution < 1.29 is 0 Å². The molecule has 0 spiro atoms. The minimum atomic E-state index is 0.753. The van der Waals surface area contributed by atoms with Gasteiger partial charge in [0.15, 0.2) is 0 Å². The van der Waals surface area contributed by atoms with Gasteiger partial charge in [0.2, 0.25) is 0 Å². The fourth-order valence-corrected chi connectivity index (χ4v) is 2.68. The molecule has 1 heterocycles. The second-order valence-electron chi connectivity index (χ2n) is 2.13. The van der Waals surface area contributed by atoms with Crippen LogP contribution >= 0.6 is 39.1 Å². The molecule has 0 atom stereocenters. The quantitative estimate of drug-likeness (QED) is 0.692. The Balaban J connectivity index is 2.91. The van der Waals surface area contributed by atoms with Crippen molar-refractivity contribution in [3.63, 3.8) is 0 Å². The highest BCUT2D eigenvalue weighted by molar-refractivity contribution is 9.10. The molecule has 0 radical (unpaired) electrons. The zero-order valence-corrected chi connectivity index (χ0v) is 8.50. The fourth-order valence-electron chi connectivity index (χ4n) is 0.898. The number of nitrogens with zero attached hydrogens (tertiary/aromatic N) is 1. The Hall–Kier alpha value is -0.120. The number of fused-ring (bicyclic) bond motifs is 1. The Bertz CT molecular complexity index is 398. The zero-order chi connectivity index (χ0) is 7.84. The van der Waals surface area contributed by atoms with Crippen molar-refractivity contribution >= 4 is 49.1 Å². The molecule has 1 aromatic carbocycles. The summed E-state index contributed by atoms with van der Waals surface area (Å²) < 4.78 is 6.15. The molecule has 0 aliphatic carbocycles. The maximum absolute atomic E-state index is 5.94. The average Bonchev–Trinajstić information content (AvgIpc) is 2.34. The van der Waals surface area contributed by atoms with Crippen LogP contribution in [0.4, 0.5) is 0 Å². The molecule has 2 rings (SSSR count). The smallest absolute Gasteiger partial charge is 0.0576 e. The summed E-state index contributed by atoms with van der Waals surface area (Å²) in [5.74, 6) is 0. The number of halogens is 2. The van der Waals surface area contributed by atoms with Gasteiger partial charge in [-0.3, -0.25) is 0 Å². The number of benzene rings is 1. The molecule has 1 nitrogen and oxygen atoms in total. The molecule has 0 aliphatic rings. The summed E-state index contributed by atoms with van der Waals surface area (Å²) in [4.78, 5) is 0. The Morgan fingerprint density at radius 3 is 3.09 bits per heavy atom. The highest BCUT2D eigenvalue weighted by Gasteiger charge is 2.01. The minimum absolute atomic E-state index is 0.753. The van der Waals surface area contributed by atoms with Crippen LogP contribution in [-0.2, 0) is 0 Å². The van der Waals surface area contributed by atoms with E-state index in [9.17, 15) is 0 Å². The van der Waals surface area contributed by atoms with Crippen molar-refractivity contribution in [2.75, 3.05) is 0 Å². The standard InChI is InChI=1S/C7H3BrClNS/c8-4-1-6(9)5-3-10-11-7(5)2-4/h1-3H. The Morgan fingerprint density at radius 2 is 2.27 bits per heavy atom. The van der Waals surface area contributed by atoms with Gasteiger partial charge in [-0.05, 0) is 23.7 Å². The van der Waals surface area contributed by atoms with E-state index >= 15 is 0 Å². The van der Waals surface area contributed by atoms with Gasteiger partial charge >= 0.3 is 0 Å². The molecule has 56 valence electrons. The summed E-state index contributed by atoms with van der Waals surface area (Å²) in [6.07, 6.45) is 1.79. The van der Waals surface area contributed by atoms with E-state index in [2.05, 4.69) is 20.3 Å². The predicted molar refractivity (Wildman–Crippen MR) is 52.3 cm³/mol. The van der Waals surface area contributed by atoms with Crippen LogP contribution in [0.5, 0.6) is 0 Å². The van der Waals surface area contributed by atoms with Crippen LogP contribution in [0.15, 0.2) is 22.8 Å². The first-order valence-corrected chi connectivity index (χ1v) is 4.91. The van der Waals surface area contributed by atoms with Gasteiger partial charge in [0.05, 0.1) is 15.9 Å². The summed E-state index contributed by atoms with van der Waals surface area (Å²) in [5.41, 5.74) is 0. The van der Waals surface area contributed by atoms with Crippen LogP contribution in [0.2, 0.25) is 5.02 Å². The van der Waals surface area contributed by atoms with Gasteiger partial charge in [-0.25, -0.2) is 0 Å². The maximum atomic E-state index is 5.94. The molecular formula is C7H3BrClNS. The van der Waals surface area contributed by atoms with Gasteiger partial charge in [-0.1, -0.05) is 27.5 Å². The molecule has 0 amide bonds. The van der Waals surface area contributed by atoms with Gasteiger partial charge in [0.25, 0.3) is 0 Å². The molecule has 0 saturated carbocycles. The first-order valence-electron chi connectivity index (χ1n) is 2.97. The van der Waals surface area contributed by atoms with Crippen molar-refractivity contribution in [3.8, 4) is 0 Å². The predicted octanol–water partition coefficient (Wildman–Crippen LogP) is 3.71. The number of aromatic nitrogens is 1. The van der Waals surface area contributed by atoms with Crippen LogP contribution in [0.3, 0.4) is 0 Å². The van der Waals surface area contributed by atoms with E-state index < -0.39 is 0 Å². The van der Waals surface area contributed by atoms with Gasteiger partial charge in [-0.15, -0.1) is 0 Å². The zero-order valence-electron chi connectivity index (χ0n) is 5.34. The minimum Gasteiger partial charge on any atom is -0.200 e. The van der Waals surface area contributed by atoms with Gasteiger partial charge in [-0.2, -0.15) is 4.37 Å². The molecule has 4 heteroatoms. The molecule has 0 fully saturated rings. The van der Waals surface area contributed by atoms with Crippen LogP contribution in [0, 0.1) is 0 Å². The summed E-state index contributed by atoms with van der Waals surface area (Å²) in [6.45, 7) is 0. The third-order valence-corrected chi connectivity index (χ3v) is 2.91. The highest BCUT2D eigenvalue weighted by Crippen LogP contribution is 2.29. The number of hydrogen-bond acceptors (Lipinski definition) is 2. The van der Waals surface area contributed by atoms with Crippen LogP contribution in [-0.4, -0.2) is 4.37 Å². The van der Waals surface area contributed by atoms with E-state index in [4.69, 9.17) is 11.6 Å². The third-order valence-electron chi connectivity index (χ3n) is 1.39. The van der Waals surface area contributed by atoms with Crippen LogP contribution in [0.1, 0.15) is 0 Å². The first kappa shape index (κ1) is 7.53.